The van der Waals surface area contributed by atoms with Crippen molar-refractivity contribution in [3.63, 3.8) is 0 Å². The molecule has 1 aromatic heterocycles. The predicted molar refractivity (Wildman–Crippen MR) is 104 cm³/mol. The maximum atomic E-state index is 13.0. The Kier molecular flexibility index (Phi) is 5.46. The van der Waals surface area contributed by atoms with Gasteiger partial charge in [0.15, 0.2) is 0 Å². The summed E-state index contributed by atoms with van der Waals surface area (Å²) in [6.45, 7) is 3.88. The molecule has 0 bridgehead atoms. The zero-order chi connectivity index (χ0) is 19.8. The molecule has 0 saturated heterocycles. The number of aromatic nitrogens is 2. The minimum atomic E-state index is -3.86. The summed E-state index contributed by atoms with van der Waals surface area (Å²) in [4.78, 5) is -0.0278. The molecule has 3 rings (SSSR count). The predicted octanol–water partition coefficient (Wildman–Crippen LogP) is 4.79. The summed E-state index contributed by atoms with van der Waals surface area (Å²) in [7, 11) is -3.86. The van der Waals surface area contributed by atoms with Gasteiger partial charge < -0.3 is 0 Å². The van der Waals surface area contributed by atoms with Gasteiger partial charge in [-0.2, -0.15) is 5.10 Å². The van der Waals surface area contributed by atoms with Gasteiger partial charge in [-0.05, 0) is 55.8 Å². The van der Waals surface area contributed by atoms with E-state index in [2.05, 4.69) is 9.82 Å². The SMILES string of the molecule is Cc1nn(Cc2ccc(Cl)c(Cl)c2)c(C)c1NS(=O)(=O)c1ccc(F)cc1. The lowest BCUT2D eigenvalue weighted by Crippen LogP contribution is -2.14. The average molecular weight is 428 g/mol. The minimum absolute atomic E-state index is 0.0278. The van der Waals surface area contributed by atoms with Gasteiger partial charge in [0.05, 0.1) is 38.6 Å². The second-order valence-corrected chi connectivity index (χ2v) is 8.51. The van der Waals surface area contributed by atoms with Crippen LogP contribution in [0.3, 0.4) is 0 Å². The molecule has 0 radical (unpaired) electrons. The molecule has 0 fully saturated rings. The number of sulfonamides is 1. The van der Waals surface area contributed by atoms with E-state index in [0.717, 1.165) is 17.7 Å². The molecular weight excluding hydrogens is 412 g/mol. The Labute approximate surface area is 166 Å². The van der Waals surface area contributed by atoms with Crippen molar-refractivity contribution in [1.29, 1.82) is 0 Å². The van der Waals surface area contributed by atoms with Gasteiger partial charge in [0.2, 0.25) is 0 Å². The van der Waals surface area contributed by atoms with Crippen LogP contribution in [0.4, 0.5) is 10.1 Å². The van der Waals surface area contributed by atoms with Crippen molar-refractivity contribution in [3.8, 4) is 0 Å². The molecule has 1 heterocycles. The van der Waals surface area contributed by atoms with Gasteiger partial charge in [0.25, 0.3) is 10.0 Å². The molecule has 0 unspecified atom stereocenters. The lowest BCUT2D eigenvalue weighted by molar-refractivity contribution is 0.599. The van der Waals surface area contributed by atoms with Crippen LogP contribution in [0, 0.1) is 19.7 Å². The van der Waals surface area contributed by atoms with Crippen LogP contribution in [-0.2, 0) is 16.6 Å². The molecule has 5 nitrogen and oxygen atoms in total. The lowest BCUT2D eigenvalue weighted by atomic mass is 10.2. The number of benzene rings is 2. The minimum Gasteiger partial charge on any atom is -0.276 e. The molecule has 3 aromatic rings. The number of aryl methyl sites for hydroxylation is 1. The van der Waals surface area contributed by atoms with Crippen molar-refractivity contribution in [2.45, 2.75) is 25.3 Å². The summed E-state index contributed by atoms with van der Waals surface area (Å²) in [6.07, 6.45) is 0. The molecule has 9 heteroatoms. The van der Waals surface area contributed by atoms with Crippen molar-refractivity contribution in [2.75, 3.05) is 4.72 Å². The van der Waals surface area contributed by atoms with Crippen LogP contribution in [0.5, 0.6) is 0 Å². The van der Waals surface area contributed by atoms with E-state index in [1.807, 2.05) is 6.07 Å². The highest BCUT2D eigenvalue weighted by molar-refractivity contribution is 7.92. The first-order valence-corrected chi connectivity index (χ1v) is 10.2. The first kappa shape index (κ1) is 19.7. The molecule has 0 spiro atoms. The Morgan fingerprint density at radius 3 is 2.37 bits per heavy atom. The molecule has 0 aliphatic rings. The molecule has 0 aliphatic carbocycles. The van der Waals surface area contributed by atoms with Crippen LogP contribution >= 0.6 is 23.2 Å². The van der Waals surface area contributed by atoms with Gasteiger partial charge in [0, 0.05) is 0 Å². The third-order valence-corrected chi connectivity index (χ3v) is 6.16. The summed E-state index contributed by atoms with van der Waals surface area (Å²) < 4.78 is 42.4. The van der Waals surface area contributed by atoms with Crippen LogP contribution in [0.2, 0.25) is 10.0 Å². The molecule has 1 N–H and O–H groups in total. The Hall–Kier alpha value is -2.09. The highest BCUT2D eigenvalue weighted by atomic mass is 35.5. The first-order valence-electron chi connectivity index (χ1n) is 7.93. The van der Waals surface area contributed by atoms with E-state index in [4.69, 9.17) is 23.2 Å². The van der Waals surface area contributed by atoms with Gasteiger partial charge in [-0.15, -0.1) is 0 Å². The Balaban J connectivity index is 1.89. The number of nitrogens with zero attached hydrogens (tertiary/aromatic N) is 2. The fourth-order valence-electron chi connectivity index (χ4n) is 2.62. The van der Waals surface area contributed by atoms with E-state index in [0.29, 0.717) is 33.7 Å². The molecule has 27 heavy (non-hydrogen) atoms. The van der Waals surface area contributed by atoms with Crippen LogP contribution in [0.15, 0.2) is 47.4 Å². The summed E-state index contributed by atoms with van der Waals surface area (Å²) in [6, 6.07) is 9.88. The number of anilines is 1. The van der Waals surface area contributed by atoms with Crippen LogP contribution in [0.25, 0.3) is 0 Å². The van der Waals surface area contributed by atoms with Crippen molar-refractivity contribution in [1.82, 2.24) is 9.78 Å². The number of hydrogen-bond donors (Lipinski definition) is 1. The van der Waals surface area contributed by atoms with E-state index >= 15 is 0 Å². The summed E-state index contributed by atoms with van der Waals surface area (Å²) in [5.74, 6) is -0.504. The Morgan fingerprint density at radius 1 is 1.07 bits per heavy atom. The molecule has 0 atom stereocenters. The normalized spacial score (nSPS) is 11.6. The van der Waals surface area contributed by atoms with Crippen LogP contribution < -0.4 is 4.72 Å². The van der Waals surface area contributed by atoms with Crippen molar-refractivity contribution >= 4 is 38.9 Å². The molecular formula is C18H16Cl2FN3O2S. The topological polar surface area (TPSA) is 64.0 Å². The van der Waals surface area contributed by atoms with Crippen LogP contribution in [-0.4, -0.2) is 18.2 Å². The maximum absolute atomic E-state index is 13.0. The smallest absolute Gasteiger partial charge is 0.262 e. The highest BCUT2D eigenvalue weighted by Gasteiger charge is 2.20. The Morgan fingerprint density at radius 2 is 1.74 bits per heavy atom. The highest BCUT2D eigenvalue weighted by Crippen LogP contribution is 2.26. The molecule has 142 valence electrons. The average Bonchev–Trinajstić information content (AvgIpc) is 2.86. The summed E-state index contributed by atoms with van der Waals surface area (Å²) in [5, 5.41) is 5.30. The quantitative estimate of drug-likeness (QED) is 0.635. The summed E-state index contributed by atoms with van der Waals surface area (Å²) in [5.41, 5.74) is 2.44. The first-order chi connectivity index (χ1) is 12.7. The van der Waals surface area contributed by atoms with Gasteiger partial charge in [-0.1, -0.05) is 29.3 Å². The van der Waals surface area contributed by atoms with E-state index in [9.17, 15) is 12.8 Å². The number of nitrogens with one attached hydrogen (secondary N) is 1. The zero-order valence-electron chi connectivity index (χ0n) is 14.5. The number of hydrogen-bond acceptors (Lipinski definition) is 3. The fourth-order valence-corrected chi connectivity index (χ4v) is 4.11. The van der Waals surface area contributed by atoms with Crippen molar-refractivity contribution in [2.24, 2.45) is 0 Å². The fraction of sp³-hybridized carbons (Fsp3) is 0.167. The monoisotopic (exact) mass is 427 g/mol. The maximum Gasteiger partial charge on any atom is 0.262 e. The van der Waals surface area contributed by atoms with Crippen LogP contribution in [0.1, 0.15) is 17.0 Å². The van der Waals surface area contributed by atoms with Gasteiger partial charge in [0.1, 0.15) is 5.82 Å². The standard InChI is InChI=1S/C18H16Cl2FN3O2S/c1-11-18(23-27(25,26)15-6-4-14(21)5-7-15)12(2)24(22-11)10-13-3-8-16(19)17(20)9-13/h3-9,23H,10H2,1-2H3. The third-order valence-electron chi connectivity index (χ3n) is 4.06. The summed E-state index contributed by atoms with van der Waals surface area (Å²) >= 11 is 12.0. The van der Waals surface area contributed by atoms with Gasteiger partial charge in [-0.3, -0.25) is 9.40 Å². The number of rotatable bonds is 5. The number of halogens is 3. The van der Waals surface area contributed by atoms with E-state index in [1.165, 1.54) is 12.1 Å². The van der Waals surface area contributed by atoms with Gasteiger partial charge >= 0.3 is 0 Å². The molecule has 0 aliphatic heterocycles. The van der Waals surface area contributed by atoms with E-state index in [-0.39, 0.29) is 4.90 Å². The van der Waals surface area contributed by atoms with Crippen molar-refractivity contribution < 1.29 is 12.8 Å². The molecule has 0 amide bonds. The second-order valence-electron chi connectivity index (χ2n) is 6.01. The largest absolute Gasteiger partial charge is 0.276 e. The van der Waals surface area contributed by atoms with Gasteiger partial charge in [-0.25, -0.2) is 12.8 Å². The Bertz CT molecular complexity index is 1100. The van der Waals surface area contributed by atoms with Crippen molar-refractivity contribution in [3.05, 3.63) is 75.3 Å². The molecule has 2 aromatic carbocycles. The molecule has 0 saturated carbocycles. The van der Waals surface area contributed by atoms with E-state index in [1.54, 1.807) is 30.7 Å². The zero-order valence-corrected chi connectivity index (χ0v) is 16.8. The lowest BCUT2D eigenvalue weighted by Gasteiger charge is -2.09. The van der Waals surface area contributed by atoms with E-state index < -0.39 is 15.8 Å². The second kappa shape index (κ2) is 7.50. The third kappa shape index (κ3) is 4.26.